The van der Waals surface area contributed by atoms with E-state index in [1.165, 1.54) is 6.07 Å². The van der Waals surface area contributed by atoms with E-state index in [4.69, 9.17) is 0 Å². The Morgan fingerprint density at radius 3 is 2.64 bits per heavy atom. The summed E-state index contributed by atoms with van der Waals surface area (Å²) in [6.45, 7) is 0. The van der Waals surface area contributed by atoms with Gasteiger partial charge in [0.1, 0.15) is 11.5 Å². The average Bonchev–Trinajstić information content (AvgIpc) is 2.59. The minimum atomic E-state index is -0.368. The third-order valence-electron chi connectivity index (χ3n) is 4.46. The van der Waals surface area contributed by atoms with Gasteiger partial charge in [-0.05, 0) is 29.7 Å². The van der Waals surface area contributed by atoms with Crippen LogP contribution in [0.1, 0.15) is 18.4 Å². The first-order valence-electron chi connectivity index (χ1n) is 7.92. The molecule has 0 aromatic heterocycles. The lowest BCUT2D eigenvalue weighted by molar-refractivity contribution is -0.129. The average molecular weight is 333 g/mol. The SMILES string of the molecule is O=C1CC2=CC(=Cc3cc(O)c4ccccc4c3O)CC=C2C(=O)N1. The summed E-state index contributed by atoms with van der Waals surface area (Å²) < 4.78 is 0. The molecule has 4 rings (SSSR count). The van der Waals surface area contributed by atoms with Crippen molar-refractivity contribution in [3.8, 4) is 11.5 Å². The number of carbonyl (C=O) groups is 2. The van der Waals surface area contributed by atoms with Gasteiger partial charge in [-0.25, -0.2) is 0 Å². The number of piperidine rings is 1. The molecule has 0 atom stereocenters. The summed E-state index contributed by atoms with van der Waals surface area (Å²) in [4.78, 5) is 23.4. The van der Waals surface area contributed by atoms with Crippen LogP contribution in [0.25, 0.3) is 16.8 Å². The van der Waals surface area contributed by atoms with Crippen LogP contribution < -0.4 is 5.32 Å². The van der Waals surface area contributed by atoms with Crippen molar-refractivity contribution in [3.05, 3.63) is 64.8 Å². The van der Waals surface area contributed by atoms with Gasteiger partial charge in [-0.15, -0.1) is 0 Å². The van der Waals surface area contributed by atoms with E-state index < -0.39 is 0 Å². The lowest BCUT2D eigenvalue weighted by Gasteiger charge is -2.21. The summed E-state index contributed by atoms with van der Waals surface area (Å²) in [5.74, 6) is -0.507. The summed E-state index contributed by atoms with van der Waals surface area (Å²) >= 11 is 0. The van der Waals surface area contributed by atoms with Gasteiger partial charge in [-0.1, -0.05) is 36.4 Å². The molecule has 1 heterocycles. The van der Waals surface area contributed by atoms with E-state index in [9.17, 15) is 19.8 Å². The Bertz CT molecular complexity index is 1030. The lowest BCUT2D eigenvalue weighted by atomic mass is 9.88. The lowest BCUT2D eigenvalue weighted by Crippen LogP contribution is -2.37. The van der Waals surface area contributed by atoms with E-state index in [-0.39, 0.29) is 29.7 Å². The van der Waals surface area contributed by atoms with E-state index in [0.29, 0.717) is 33.9 Å². The quantitative estimate of drug-likeness (QED) is 0.553. The van der Waals surface area contributed by atoms with Gasteiger partial charge >= 0.3 is 0 Å². The van der Waals surface area contributed by atoms with Crippen LogP contribution in [0.5, 0.6) is 11.5 Å². The molecule has 1 saturated heterocycles. The number of fused-ring (bicyclic) bond motifs is 2. The normalized spacial score (nSPS) is 18.6. The number of rotatable bonds is 1. The third kappa shape index (κ3) is 2.59. The van der Waals surface area contributed by atoms with Crippen LogP contribution in [0.3, 0.4) is 0 Å². The molecule has 2 aromatic rings. The molecule has 0 saturated carbocycles. The Balaban J connectivity index is 1.78. The largest absolute Gasteiger partial charge is 0.507 e. The van der Waals surface area contributed by atoms with Crippen molar-refractivity contribution in [2.24, 2.45) is 0 Å². The summed E-state index contributed by atoms with van der Waals surface area (Å²) in [5, 5.41) is 24.2. The van der Waals surface area contributed by atoms with Crippen LogP contribution in [-0.2, 0) is 9.59 Å². The Kier molecular flexibility index (Phi) is 3.42. The highest BCUT2D eigenvalue weighted by atomic mass is 16.3. The fraction of sp³-hybridized carbons (Fsp3) is 0.100. The van der Waals surface area contributed by atoms with E-state index in [0.717, 1.165) is 5.57 Å². The van der Waals surface area contributed by atoms with Crippen molar-refractivity contribution in [1.82, 2.24) is 5.32 Å². The number of phenols is 2. The highest BCUT2D eigenvalue weighted by Gasteiger charge is 2.26. The number of hydrogen-bond donors (Lipinski definition) is 3. The van der Waals surface area contributed by atoms with Gasteiger partial charge in [0, 0.05) is 21.9 Å². The van der Waals surface area contributed by atoms with Gasteiger partial charge in [0.15, 0.2) is 0 Å². The minimum Gasteiger partial charge on any atom is -0.507 e. The molecule has 2 amide bonds. The maximum atomic E-state index is 11.8. The van der Waals surface area contributed by atoms with Crippen molar-refractivity contribution >= 4 is 28.7 Å². The van der Waals surface area contributed by atoms with Gasteiger partial charge in [0.25, 0.3) is 5.91 Å². The highest BCUT2D eigenvalue weighted by Crippen LogP contribution is 2.37. The van der Waals surface area contributed by atoms with Crippen molar-refractivity contribution in [2.75, 3.05) is 0 Å². The second kappa shape index (κ2) is 5.63. The van der Waals surface area contributed by atoms with E-state index in [1.54, 1.807) is 42.5 Å². The number of imide groups is 1. The second-order valence-corrected chi connectivity index (χ2v) is 6.14. The predicted molar refractivity (Wildman–Crippen MR) is 93.8 cm³/mol. The molecular formula is C20H15NO4. The standard InChI is InChI=1S/C20H15NO4/c22-17-9-13(19(24)16-4-2-1-3-15(16)17)8-11-5-6-14-12(7-11)10-18(23)21-20(14)25/h1-4,6-9,22,24H,5,10H2,(H,21,23,25). The number of phenolic OH excluding ortho intramolecular Hbond substituents is 2. The van der Waals surface area contributed by atoms with Gasteiger partial charge in [0.2, 0.25) is 5.91 Å². The molecule has 1 fully saturated rings. The van der Waals surface area contributed by atoms with Crippen LogP contribution in [-0.4, -0.2) is 22.0 Å². The molecule has 1 aliphatic carbocycles. The molecule has 25 heavy (non-hydrogen) atoms. The molecule has 0 spiro atoms. The highest BCUT2D eigenvalue weighted by molar-refractivity contribution is 6.12. The fourth-order valence-electron chi connectivity index (χ4n) is 3.28. The van der Waals surface area contributed by atoms with Crippen LogP contribution in [0.15, 0.2) is 59.2 Å². The molecule has 0 unspecified atom stereocenters. The topological polar surface area (TPSA) is 86.6 Å². The monoisotopic (exact) mass is 333 g/mol. The summed E-state index contributed by atoms with van der Waals surface area (Å²) in [5.41, 5.74) is 2.55. The molecule has 1 aliphatic heterocycles. The Hall–Kier alpha value is -3.34. The summed E-state index contributed by atoms with van der Waals surface area (Å²) in [6, 6.07) is 8.59. The summed E-state index contributed by atoms with van der Waals surface area (Å²) in [6.07, 6.45) is 6.01. The fourth-order valence-corrected chi connectivity index (χ4v) is 3.28. The first kappa shape index (κ1) is 15.2. The smallest absolute Gasteiger partial charge is 0.257 e. The maximum Gasteiger partial charge on any atom is 0.257 e. The van der Waals surface area contributed by atoms with Gasteiger partial charge < -0.3 is 10.2 Å². The zero-order valence-corrected chi connectivity index (χ0v) is 13.2. The molecule has 0 radical (unpaired) electrons. The Morgan fingerprint density at radius 2 is 1.84 bits per heavy atom. The second-order valence-electron chi connectivity index (χ2n) is 6.14. The first-order valence-corrected chi connectivity index (χ1v) is 7.92. The van der Waals surface area contributed by atoms with E-state index in [2.05, 4.69) is 5.32 Å². The van der Waals surface area contributed by atoms with Gasteiger partial charge in [0.05, 0.1) is 6.42 Å². The molecule has 0 bridgehead atoms. The van der Waals surface area contributed by atoms with Gasteiger partial charge in [-0.3, -0.25) is 14.9 Å². The van der Waals surface area contributed by atoms with Gasteiger partial charge in [-0.2, -0.15) is 0 Å². The van der Waals surface area contributed by atoms with Crippen molar-refractivity contribution in [2.45, 2.75) is 12.8 Å². The molecular weight excluding hydrogens is 318 g/mol. The predicted octanol–water partition coefficient (Wildman–Crippen LogP) is 2.94. The first-order chi connectivity index (χ1) is 12.0. The molecule has 5 heteroatoms. The maximum absolute atomic E-state index is 11.8. The number of benzene rings is 2. The molecule has 3 N–H and O–H groups in total. The molecule has 2 aromatic carbocycles. The van der Waals surface area contributed by atoms with Crippen LogP contribution in [0.2, 0.25) is 0 Å². The van der Waals surface area contributed by atoms with Crippen LogP contribution in [0.4, 0.5) is 0 Å². The Morgan fingerprint density at radius 1 is 1.08 bits per heavy atom. The van der Waals surface area contributed by atoms with Crippen molar-refractivity contribution in [3.63, 3.8) is 0 Å². The molecule has 5 nitrogen and oxygen atoms in total. The Labute approximate surface area is 143 Å². The number of amides is 2. The van der Waals surface area contributed by atoms with Crippen LogP contribution in [0, 0.1) is 0 Å². The van der Waals surface area contributed by atoms with E-state index >= 15 is 0 Å². The van der Waals surface area contributed by atoms with Crippen LogP contribution >= 0.6 is 0 Å². The number of hydrogen-bond acceptors (Lipinski definition) is 4. The third-order valence-corrected chi connectivity index (χ3v) is 4.46. The van der Waals surface area contributed by atoms with E-state index in [1.807, 2.05) is 0 Å². The zero-order chi connectivity index (χ0) is 17.6. The van der Waals surface area contributed by atoms with Crippen molar-refractivity contribution < 1.29 is 19.8 Å². The zero-order valence-electron chi connectivity index (χ0n) is 13.2. The van der Waals surface area contributed by atoms with Crippen molar-refractivity contribution in [1.29, 1.82) is 0 Å². The number of allylic oxidation sites excluding steroid dienone is 3. The molecule has 2 aliphatic rings. The number of nitrogens with one attached hydrogen (secondary N) is 1. The number of aromatic hydroxyl groups is 2. The molecule has 124 valence electrons. The minimum absolute atomic E-state index is 0.0894. The number of carbonyl (C=O) groups excluding carboxylic acids is 2. The summed E-state index contributed by atoms with van der Waals surface area (Å²) in [7, 11) is 0.